The lowest BCUT2D eigenvalue weighted by molar-refractivity contribution is -0.141. The van der Waals surface area contributed by atoms with Crippen LogP contribution in [0.1, 0.15) is 23.5 Å². The van der Waals surface area contributed by atoms with Crippen molar-refractivity contribution < 1.29 is 13.2 Å². The third-order valence-electron chi connectivity index (χ3n) is 3.50. The maximum absolute atomic E-state index is 12.9. The van der Waals surface area contributed by atoms with Crippen molar-refractivity contribution in [2.24, 2.45) is 0 Å². The van der Waals surface area contributed by atoms with Crippen molar-refractivity contribution in [1.29, 1.82) is 0 Å². The van der Waals surface area contributed by atoms with Crippen LogP contribution in [0.4, 0.5) is 19.0 Å². The number of nitrogens with one attached hydrogen (secondary N) is 1. The summed E-state index contributed by atoms with van der Waals surface area (Å²) in [7, 11) is 0. The first-order valence-corrected chi connectivity index (χ1v) is 7.37. The highest BCUT2D eigenvalue weighted by Gasteiger charge is 2.34. The van der Waals surface area contributed by atoms with Gasteiger partial charge in [-0.2, -0.15) is 32.9 Å². The van der Waals surface area contributed by atoms with Crippen LogP contribution in [0.3, 0.4) is 0 Å². The SMILES string of the molecule is Cc1cc(C)n(CCCNc2cc(C(F)(F)F)nc3ncnn23)n1. The maximum atomic E-state index is 12.9. The molecule has 0 atom stereocenters. The zero-order valence-corrected chi connectivity index (χ0v) is 13.2. The van der Waals surface area contributed by atoms with Gasteiger partial charge < -0.3 is 5.32 Å². The van der Waals surface area contributed by atoms with Gasteiger partial charge in [0.2, 0.25) is 0 Å². The van der Waals surface area contributed by atoms with Gasteiger partial charge in [0.05, 0.1) is 5.69 Å². The van der Waals surface area contributed by atoms with Crippen molar-refractivity contribution >= 4 is 11.6 Å². The lowest BCUT2D eigenvalue weighted by Crippen LogP contribution is -2.15. The lowest BCUT2D eigenvalue weighted by atomic mass is 10.3. The van der Waals surface area contributed by atoms with Crippen LogP contribution < -0.4 is 5.32 Å². The summed E-state index contributed by atoms with van der Waals surface area (Å²) >= 11 is 0. The minimum atomic E-state index is -4.53. The Morgan fingerprint density at radius 2 is 2.00 bits per heavy atom. The molecule has 0 saturated carbocycles. The van der Waals surface area contributed by atoms with Gasteiger partial charge in [0.15, 0.2) is 5.69 Å². The molecule has 10 heteroatoms. The Bertz CT molecular complexity index is 850. The van der Waals surface area contributed by atoms with Gasteiger partial charge in [-0.15, -0.1) is 0 Å². The summed E-state index contributed by atoms with van der Waals surface area (Å²) in [6.45, 7) is 5.02. The maximum Gasteiger partial charge on any atom is 0.433 e. The number of aromatic nitrogens is 6. The molecule has 3 rings (SSSR count). The molecule has 24 heavy (non-hydrogen) atoms. The molecule has 1 N–H and O–H groups in total. The first kappa shape index (κ1) is 16.2. The Kier molecular flexibility index (Phi) is 4.12. The first-order chi connectivity index (χ1) is 11.3. The Labute approximate surface area is 135 Å². The Balaban J connectivity index is 1.70. The fourth-order valence-corrected chi connectivity index (χ4v) is 2.43. The molecule has 0 amide bonds. The predicted octanol–water partition coefficient (Wildman–Crippen LogP) is 2.46. The van der Waals surface area contributed by atoms with Gasteiger partial charge in [-0.05, 0) is 26.3 Å². The van der Waals surface area contributed by atoms with E-state index in [9.17, 15) is 13.2 Å². The van der Waals surface area contributed by atoms with Gasteiger partial charge in [0.1, 0.15) is 12.1 Å². The molecule has 0 bridgehead atoms. The fraction of sp³-hybridized carbons (Fsp3) is 0.429. The van der Waals surface area contributed by atoms with E-state index in [4.69, 9.17) is 0 Å². The van der Waals surface area contributed by atoms with Gasteiger partial charge in [-0.25, -0.2) is 4.98 Å². The van der Waals surface area contributed by atoms with E-state index >= 15 is 0 Å². The highest BCUT2D eigenvalue weighted by Crippen LogP contribution is 2.29. The van der Waals surface area contributed by atoms with Crippen molar-refractivity contribution in [2.45, 2.75) is 33.0 Å². The number of hydrogen-bond donors (Lipinski definition) is 1. The number of anilines is 1. The molecule has 0 aromatic carbocycles. The number of hydrogen-bond acceptors (Lipinski definition) is 5. The summed E-state index contributed by atoms with van der Waals surface area (Å²) in [5, 5.41) is 11.2. The van der Waals surface area contributed by atoms with Crippen molar-refractivity contribution in [3.05, 3.63) is 35.5 Å². The van der Waals surface area contributed by atoms with Crippen LogP contribution in [0.15, 0.2) is 18.5 Å². The average molecular weight is 339 g/mol. The molecule has 0 aliphatic heterocycles. The van der Waals surface area contributed by atoms with Gasteiger partial charge in [-0.3, -0.25) is 4.68 Å². The number of alkyl halides is 3. The van der Waals surface area contributed by atoms with Gasteiger partial charge in [0.25, 0.3) is 5.78 Å². The van der Waals surface area contributed by atoms with E-state index in [-0.39, 0.29) is 11.6 Å². The molecular weight excluding hydrogens is 323 g/mol. The number of halogens is 3. The van der Waals surface area contributed by atoms with E-state index in [0.29, 0.717) is 19.5 Å². The first-order valence-electron chi connectivity index (χ1n) is 7.37. The zero-order valence-electron chi connectivity index (χ0n) is 13.2. The van der Waals surface area contributed by atoms with Crippen LogP contribution in [-0.2, 0) is 12.7 Å². The number of fused-ring (bicyclic) bond motifs is 1. The molecule has 0 fully saturated rings. The monoisotopic (exact) mass is 339 g/mol. The molecular formula is C14H16F3N7. The molecule has 0 saturated heterocycles. The van der Waals surface area contributed by atoms with E-state index in [2.05, 4.69) is 25.5 Å². The Hall–Kier alpha value is -2.65. The van der Waals surface area contributed by atoms with Crippen molar-refractivity contribution in [3.8, 4) is 0 Å². The molecule has 0 unspecified atom stereocenters. The van der Waals surface area contributed by atoms with E-state index in [1.165, 1.54) is 10.8 Å². The molecule has 3 aromatic heterocycles. The highest BCUT2D eigenvalue weighted by molar-refractivity contribution is 5.45. The van der Waals surface area contributed by atoms with Crippen molar-refractivity contribution in [1.82, 2.24) is 29.4 Å². The summed E-state index contributed by atoms with van der Waals surface area (Å²) in [6.07, 6.45) is -2.67. The molecule has 3 heterocycles. The quantitative estimate of drug-likeness (QED) is 0.723. The third kappa shape index (κ3) is 3.31. The lowest BCUT2D eigenvalue weighted by Gasteiger charge is -2.11. The van der Waals surface area contributed by atoms with Gasteiger partial charge in [0, 0.05) is 24.8 Å². The number of aryl methyl sites for hydroxylation is 3. The van der Waals surface area contributed by atoms with E-state index < -0.39 is 11.9 Å². The predicted molar refractivity (Wildman–Crippen MR) is 80.6 cm³/mol. The van der Waals surface area contributed by atoms with Crippen molar-refractivity contribution in [2.75, 3.05) is 11.9 Å². The van der Waals surface area contributed by atoms with Crippen molar-refractivity contribution in [3.63, 3.8) is 0 Å². The molecule has 0 aliphatic carbocycles. The Morgan fingerprint density at radius 1 is 1.21 bits per heavy atom. The van der Waals surface area contributed by atoms with E-state index in [0.717, 1.165) is 17.5 Å². The molecule has 0 spiro atoms. The topological polar surface area (TPSA) is 72.9 Å². The van der Waals surface area contributed by atoms with Crippen LogP contribution in [0, 0.1) is 13.8 Å². The highest BCUT2D eigenvalue weighted by atomic mass is 19.4. The van der Waals surface area contributed by atoms with Crippen LogP contribution >= 0.6 is 0 Å². The second-order valence-corrected chi connectivity index (χ2v) is 5.43. The molecule has 3 aromatic rings. The van der Waals surface area contributed by atoms with Crippen LogP contribution in [0.25, 0.3) is 5.78 Å². The average Bonchev–Trinajstić information content (AvgIpc) is 3.08. The zero-order chi connectivity index (χ0) is 17.3. The second-order valence-electron chi connectivity index (χ2n) is 5.43. The molecule has 0 aliphatic rings. The molecule has 7 nitrogen and oxygen atoms in total. The third-order valence-corrected chi connectivity index (χ3v) is 3.50. The largest absolute Gasteiger partial charge is 0.433 e. The van der Waals surface area contributed by atoms with Gasteiger partial charge >= 0.3 is 6.18 Å². The van der Waals surface area contributed by atoms with Crippen LogP contribution in [0.5, 0.6) is 0 Å². The Morgan fingerprint density at radius 3 is 2.67 bits per heavy atom. The fourth-order valence-electron chi connectivity index (χ4n) is 2.43. The summed E-state index contributed by atoms with van der Waals surface area (Å²) in [5.74, 6) is 0.115. The minimum absolute atomic E-state index is 0.0918. The standard InChI is InChI=1S/C14H16F3N7/c1-9-6-10(2)23(22-9)5-3-4-18-12-7-11(14(15,16)17)21-13-19-8-20-24(12)13/h6-8,18H,3-5H2,1-2H3. The summed E-state index contributed by atoms with van der Waals surface area (Å²) < 4.78 is 41.8. The minimum Gasteiger partial charge on any atom is -0.370 e. The summed E-state index contributed by atoms with van der Waals surface area (Å²) in [4.78, 5) is 7.20. The number of rotatable bonds is 5. The molecule has 128 valence electrons. The summed E-state index contributed by atoms with van der Waals surface area (Å²) in [6, 6.07) is 2.91. The second kappa shape index (κ2) is 6.10. The normalized spacial score (nSPS) is 12.0. The van der Waals surface area contributed by atoms with Crippen LogP contribution in [0.2, 0.25) is 0 Å². The van der Waals surface area contributed by atoms with Crippen LogP contribution in [-0.4, -0.2) is 35.9 Å². The smallest absolute Gasteiger partial charge is 0.370 e. The van der Waals surface area contributed by atoms with E-state index in [1.807, 2.05) is 24.6 Å². The van der Waals surface area contributed by atoms with E-state index in [1.54, 1.807) is 0 Å². The molecule has 0 radical (unpaired) electrons. The number of nitrogens with zero attached hydrogens (tertiary/aromatic N) is 6. The summed E-state index contributed by atoms with van der Waals surface area (Å²) in [5.41, 5.74) is 0.993. The van der Waals surface area contributed by atoms with Gasteiger partial charge in [-0.1, -0.05) is 0 Å².